The summed E-state index contributed by atoms with van der Waals surface area (Å²) in [6.45, 7) is 2.34. The number of hydrogen-bond acceptors (Lipinski definition) is 8. The number of amides is 2. The number of carbonyl (C=O) groups excluding carboxylic acids is 2. The summed E-state index contributed by atoms with van der Waals surface area (Å²) in [6, 6.07) is 5.04. The van der Waals surface area contributed by atoms with Gasteiger partial charge in [0.2, 0.25) is 11.8 Å². The van der Waals surface area contributed by atoms with Crippen LogP contribution in [0.15, 0.2) is 22.8 Å². The van der Waals surface area contributed by atoms with E-state index in [9.17, 15) is 31.5 Å². The van der Waals surface area contributed by atoms with E-state index in [0.717, 1.165) is 44.9 Å². The third-order valence-corrected chi connectivity index (χ3v) is 7.58. The average molecular weight is 631 g/mol. The fourth-order valence-corrected chi connectivity index (χ4v) is 4.55. The molecular formula is C28H35F5N6O5. The maximum Gasteiger partial charge on any atom is 0.416 e. The Morgan fingerprint density at radius 2 is 1.86 bits per heavy atom. The van der Waals surface area contributed by atoms with E-state index >= 15 is 0 Å². The molecule has 0 bridgehead atoms. The number of alkyl halides is 5. The van der Waals surface area contributed by atoms with Gasteiger partial charge in [-0.2, -0.15) is 13.2 Å². The van der Waals surface area contributed by atoms with Crippen LogP contribution in [0.3, 0.4) is 0 Å². The molecule has 16 heteroatoms. The fraction of sp³-hybridized carbons (Fsp3) is 0.607. The van der Waals surface area contributed by atoms with E-state index in [4.69, 9.17) is 9.37 Å². The molecule has 2 heterocycles. The highest BCUT2D eigenvalue weighted by Gasteiger charge is 2.47. The van der Waals surface area contributed by atoms with Gasteiger partial charge in [-0.3, -0.25) is 9.59 Å². The number of benzene rings is 1. The molecule has 2 amide bonds. The van der Waals surface area contributed by atoms with Crippen molar-refractivity contribution in [3.63, 3.8) is 0 Å². The van der Waals surface area contributed by atoms with Crippen molar-refractivity contribution < 1.29 is 45.6 Å². The molecule has 0 saturated heterocycles. The van der Waals surface area contributed by atoms with Crippen molar-refractivity contribution in [3.8, 4) is 0 Å². The van der Waals surface area contributed by atoms with Crippen LogP contribution in [0.25, 0.3) is 11.0 Å². The van der Waals surface area contributed by atoms with Crippen molar-refractivity contribution in [2.45, 2.75) is 82.2 Å². The number of nitrogens with one attached hydrogen (secondary N) is 3. The second-order valence-electron chi connectivity index (χ2n) is 11.5. The van der Waals surface area contributed by atoms with E-state index in [-0.39, 0.29) is 61.8 Å². The van der Waals surface area contributed by atoms with Crippen LogP contribution in [0, 0.1) is 5.92 Å². The third kappa shape index (κ3) is 8.28. The molecule has 1 aromatic carbocycles. The van der Waals surface area contributed by atoms with E-state index in [1.165, 1.54) is 7.11 Å². The Hall–Kier alpha value is -3.66. The van der Waals surface area contributed by atoms with Gasteiger partial charge in [-0.15, -0.1) is 0 Å². The number of nitrogens with zero attached hydrogens (tertiary/aromatic N) is 3. The van der Waals surface area contributed by atoms with Gasteiger partial charge in [0.25, 0.3) is 5.91 Å². The minimum Gasteiger partial charge on any atom is -0.382 e. The molecule has 3 aromatic rings. The molecule has 242 valence electrons. The van der Waals surface area contributed by atoms with Gasteiger partial charge in [-0.25, -0.2) is 18.4 Å². The van der Waals surface area contributed by atoms with Gasteiger partial charge in [-0.05, 0) is 55.5 Å². The Morgan fingerprint density at radius 1 is 1.16 bits per heavy atom. The minimum absolute atomic E-state index is 0.0649. The highest BCUT2D eigenvalue weighted by atomic mass is 19.4. The zero-order valence-electron chi connectivity index (χ0n) is 24.7. The number of imidazole rings is 1. The first kappa shape index (κ1) is 33.2. The molecule has 0 spiro atoms. The van der Waals surface area contributed by atoms with Crippen LogP contribution in [0.5, 0.6) is 0 Å². The third-order valence-electron chi connectivity index (χ3n) is 7.58. The molecule has 11 nitrogen and oxygen atoms in total. The Labute approximate surface area is 249 Å². The summed E-state index contributed by atoms with van der Waals surface area (Å²) in [5, 5.41) is 13.2. The van der Waals surface area contributed by atoms with Crippen molar-refractivity contribution in [2.24, 2.45) is 5.92 Å². The number of hydrogen-bond donors (Lipinski definition) is 3. The van der Waals surface area contributed by atoms with Crippen LogP contribution in [0.1, 0.15) is 85.5 Å². The van der Waals surface area contributed by atoms with Gasteiger partial charge in [0.05, 0.1) is 30.2 Å². The number of H-pyrrole nitrogens is 1. The lowest BCUT2D eigenvalue weighted by Gasteiger charge is -2.34. The SMILES string of the molecule is COC(C)(C)C(F)(F)F.COCC(NC(=O)CC1CC(F)(F)C1)c1ccc2nc(CNC(=O)c3nonc3C3CC3)[nH]c2c1. The maximum atomic E-state index is 13.1. The highest BCUT2D eigenvalue weighted by molar-refractivity contribution is 5.93. The zero-order chi connectivity index (χ0) is 32.3. The standard InChI is InChI=1S/C23H26F2N6O4.C5H9F3O/c1-34-11-17(29-19(32)6-12-8-23(24,25)9-12)14-4-5-15-16(7-14)28-18(27-15)10-26-22(33)21-20(13-2-3-13)30-35-31-21;1-4(2,9-3)5(6,7)8/h4-5,7,12-13,17H,2-3,6,8-11H2,1H3,(H,26,33)(H,27,28)(H,29,32);1-3H3. The topological polar surface area (TPSA) is 144 Å². The van der Waals surface area contributed by atoms with Crippen LogP contribution in [0.4, 0.5) is 22.0 Å². The van der Waals surface area contributed by atoms with E-state index in [0.29, 0.717) is 17.0 Å². The molecule has 0 radical (unpaired) electrons. The molecule has 1 unspecified atom stereocenters. The number of halogens is 5. The smallest absolute Gasteiger partial charge is 0.382 e. The molecule has 5 rings (SSSR count). The predicted molar refractivity (Wildman–Crippen MR) is 146 cm³/mol. The van der Waals surface area contributed by atoms with Crippen molar-refractivity contribution in [1.29, 1.82) is 0 Å². The molecule has 2 fully saturated rings. The second-order valence-corrected chi connectivity index (χ2v) is 11.5. The van der Waals surface area contributed by atoms with E-state index in [1.807, 2.05) is 12.1 Å². The van der Waals surface area contributed by atoms with Gasteiger partial charge in [0.1, 0.15) is 11.5 Å². The normalized spacial score (nSPS) is 17.4. The van der Waals surface area contributed by atoms with E-state index in [2.05, 4.69) is 35.7 Å². The summed E-state index contributed by atoms with van der Waals surface area (Å²) in [4.78, 5) is 32.6. The number of fused-ring (bicyclic) bond motifs is 1. The molecule has 1 atom stereocenters. The Balaban J connectivity index is 0.000000429. The van der Waals surface area contributed by atoms with Gasteiger partial charge >= 0.3 is 6.18 Å². The lowest BCUT2D eigenvalue weighted by molar-refractivity contribution is -0.255. The maximum absolute atomic E-state index is 13.1. The Bertz CT molecular complexity index is 1440. The summed E-state index contributed by atoms with van der Waals surface area (Å²) < 4.78 is 75.4. The number of ether oxygens (including phenoxy) is 2. The average Bonchev–Trinajstić information content (AvgIpc) is 3.50. The van der Waals surface area contributed by atoms with Gasteiger partial charge in [-0.1, -0.05) is 11.2 Å². The van der Waals surface area contributed by atoms with Gasteiger partial charge < -0.3 is 25.1 Å². The van der Waals surface area contributed by atoms with Gasteiger partial charge in [0.15, 0.2) is 11.3 Å². The van der Waals surface area contributed by atoms with E-state index < -0.39 is 23.7 Å². The summed E-state index contributed by atoms with van der Waals surface area (Å²) in [5.74, 6) is -2.81. The molecule has 0 aliphatic heterocycles. The van der Waals surface area contributed by atoms with Crippen LogP contribution in [-0.2, 0) is 20.8 Å². The summed E-state index contributed by atoms with van der Waals surface area (Å²) in [5.41, 5.74) is 0.978. The summed E-state index contributed by atoms with van der Waals surface area (Å²) >= 11 is 0. The minimum atomic E-state index is -4.28. The molecule has 3 N–H and O–H groups in total. The quantitative estimate of drug-likeness (QED) is 0.252. The summed E-state index contributed by atoms with van der Waals surface area (Å²) in [6.07, 6.45) is -2.76. The number of carbonyl (C=O) groups is 2. The number of rotatable bonds is 11. The molecule has 44 heavy (non-hydrogen) atoms. The number of methoxy groups -OCH3 is 2. The first-order chi connectivity index (χ1) is 20.6. The van der Waals surface area contributed by atoms with Crippen molar-refractivity contribution in [3.05, 3.63) is 41.0 Å². The fourth-order valence-electron chi connectivity index (χ4n) is 4.55. The molecule has 2 aliphatic carbocycles. The highest BCUT2D eigenvalue weighted by Crippen LogP contribution is 2.44. The monoisotopic (exact) mass is 630 g/mol. The first-order valence-corrected chi connectivity index (χ1v) is 14.0. The lowest BCUT2D eigenvalue weighted by atomic mass is 9.79. The predicted octanol–water partition coefficient (Wildman–Crippen LogP) is 4.97. The largest absolute Gasteiger partial charge is 0.416 e. The van der Waals surface area contributed by atoms with Crippen LogP contribution in [0.2, 0.25) is 0 Å². The van der Waals surface area contributed by atoms with Crippen LogP contribution < -0.4 is 10.6 Å². The summed E-state index contributed by atoms with van der Waals surface area (Å²) in [7, 11) is 2.56. The molecule has 2 aromatic heterocycles. The van der Waals surface area contributed by atoms with Crippen molar-refractivity contribution in [1.82, 2.24) is 30.9 Å². The van der Waals surface area contributed by atoms with E-state index in [1.54, 1.807) is 6.07 Å². The molecular weight excluding hydrogens is 595 g/mol. The van der Waals surface area contributed by atoms with Crippen LogP contribution >= 0.6 is 0 Å². The molecule has 2 aliphatic rings. The van der Waals surface area contributed by atoms with Crippen molar-refractivity contribution in [2.75, 3.05) is 20.8 Å². The van der Waals surface area contributed by atoms with Crippen LogP contribution in [-0.4, -0.2) is 70.6 Å². The molecule has 2 saturated carbocycles. The zero-order valence-corrected chi connectivity index (χ0v) is 24.7. The number of aromatic amines is 1. The Morgan fingerprint density at radius 3 is 2.43 bits per heavy atom. The number of aromatic nitrogens is 4. The Kier molecular flexibility index (Phi) is 9.93. The second kappa shape index (κ2) is 13.1. The lowest BCUT2D eigenvalue weighted by Crippen LogP contribution is -2.40. The van der Waals surface area contributed by atoms with Crippen molar-refractivity contribution >= 4 is 22.8 Å². The first-order valence-electron chi connectivity index (χ1n) is 14.0. The van der Waals surface area contributed by atoms with Gasteiger partial charge in [0, 0.05) is 39.4 Å².